The van der Waals surface area contributed by atoms with E-state index in [1.165, 1.54) is 12.3 Å². The molecule has 0 aliphatic rings. The fraction of sp³-hybridized carbons (Fsp3) is 0.333. The lowest BCUT2D eigenvalue weighted by atomic mass is 9.85. The molecule has 0 saturated heterocycles. The van der Waals surface area contributed by atoms with E-state index in [4.69, 9.17) is 9.47 Å². The summed E-state index contributed by atoms with van der Waals surface area (Å²) < 4.78 is 10.5. The molecule has 0 heterocycles. The summed E-state index contributed by atoms with van der Waals surface area (Å²) in [5.41, 5.74) is 2.68. The standard InChI is InChI=1S/C30H37NO4Si/c1-30(2,3)36(5,6)25-19-17-24(18-20-25)26(23-15-11-8-12-16-23)27(28(32)34-4)31-29(33)35-21-22-13-9-7-10-14-22/h7-20,26-27H,21H2,1-6H3,(H,31,33)/t26?,27-/m0/s1. The second-order valence-electron chi connectivity index (χ2n) is 10.6. The number of rotatable bonds is 8. The Kier molecular flexibility index (Phi) is 8.74. The average molecular weight is 504 g/mol. The van der Waals surface area contributed by atoms with Crippen LogP contribution in [0.5, 0.6) is 0 Å². The summed E-state index contributed by atoms with van der Waals surface area (Å²) in [6.07, 6.45) is -0.673. The average Bonchev–Trinajstić information content (AvgIpc) is 2.87. The molecule has 0 fully saturated rings. The Morgan fingerprint density at radius 1 is 0.833 bits per heavy atom. The zero-order chi connectivity index (χ0) is 26.3. The van der Waals surface area contributed by atoms with E-state index in [0.29, 0.717) is 0 Å². The van der Waals surface area contributed by atoms with Crippen LogP contribution >= 0.6 is 0 Å². The maximum Gasteiger partial charge on any atom is 0.408 e. The first-order valence-electron chi connectivity index (χ1n) is 12.2. The SMILES string of the molecule is COC(=O)[C@@H](NC(=O)OCc1ccccc1)C(c1ccccc1)c1ccc([Si](C)(C)C(C)(C)C)cc1. The first-order valence-corrected chi connectivity index (χ1v) is 15.2. The van der Waals surface area contributed by atoms with Crippen molar-refractivity contribution in [3.05, 3.63) is 102 Å². The van der Waals surface area contributed by atoms with Gasteiger partial charge in [-0.15, -0.1) is 0 Å². The molecule has 0 radical (unpaired) electrons. The van der Waals surface area contributed by atoms with Crippen LogP contribution in [0.25, 0.3) is 0 Å². The van der Waals surface area contributed by atoms with E-state index in [1.807, 2.05) is 60.7 Å². The van der Waals surface area contributed by atoms with Crippen molar-refractivity contribution in [1.29, 1.82) is 0 Å². The van der Waals surface area contributed by atoms with Gasteiger partial charge in [0.1, 0.15) is 12.6 Å². The van der Waals surface area contributed by atoms with Crippen LogP contribution in [0.4, 0.5) is 4.79 Å². The Labute approximate surface area is 215 Å². The molecule has 0 bridgehead atoms. The van der Waals surface area contributed by atoms with Gasteiger partial charge < -0.3 is 14.8 Å². The van der Waals surface area contributed by atoms with Crippen LogP contribution in [0.2, 0.25) is 18.1 Å². The second kappa shape index (κ2) is 11.6. The molecule has 3 aromatic rings. The molecule has 1 N–H and O–H groups in total. The Morgan fingerprint density at radius 2 is 1.36 bits per heavy atom. The summed E-state index contributed by atoms with van der Waals surface area (Å²) in [4.78, 5) is 25.8. The lowest BCUT2D eigenvalue weighted by Crippen LogP contribution is -2.49. The third-order valence-electron chi connectivity index (χ3n) is 7.30. The van der Waals surface area contributed by atoms with Crippen molar-refractivity contribution in [1.82, 2.24) is 5.32 Å². The van der Waals surface area contributed by atoms with Gasteiger partial charge in [-0.1, -0.05) is 124 Å². The Balaban J connectivity index is 1.93. The number of hydrogen-bond acceptors (Lipinski definition) is 4. The van der Waals surface area contributed by atoms with Gasteiger partial charge in [0, 0.05) is 5.92 Å². The second-order valence-corrected chi connectivity index (χ2v) is 15.9. The molecule has 3 aromatic carbocycles. The highest BCUT2D eigenvalue weighted by molar-refractivity contribution is 6.92. The molecule has 1 unspecified atom stereocenters. The van der Waals surface area contributed by atoms with Crippen LogP contribution in [0.15, 0.2) is 84.9 Å². The number of hydrogen-bond donors (Lipinski definition) is 1. The minimum absolute atomic E-state index is 0.109. The van der Waals surface area contributed by atoms with Gasteiger partial charge in [0.05, 0.1) is 15.2 Å². The van der Waals surface area contributed by atoms with Crippen molar-refractivity contribution < 1.29 is 19.1 Å². The van der Waals surface area contributed by atoms with Crippen molar-refractivity contribution >= 4 is 25.3 Å². The van der Waals surface area contributed by atoms with E-state index >= 15 is 0 Å². The van der Waals surface area contributed by atoms with Crippen molar-refractivity contribution in [3.63, 3.8) is 0 Å². The van der Waals surface area contributed by atoms with Crippen LogP contribution in [0.3, 0.4) is 0 Å². The van der Waals surface area contributed by atoms with E-state index in [1.54, 1.807) is 0 Å². The molecule has 0 spiro atoms. The Morgan fingerprint density at radius 3 is 1.89 bits per heavy atom. The lowest BCUT2D eigenvalue weighted by Gasteiger charge is -2.37. The van der Waals surface area contributed by atoms with Crippen molar-refractivity contribution in [2.24, 2.45) is 0 Å². The number of esters is 1. The van der Waals surface area contributed by atoms with Crippen LogP contribution < -0.4 is 10.5 Å². The van der Waals surface area contributed by atoms with E-state index in [0.717, 1.165) is 16.7 Å². The summed E-state index contributed by atoms with van der Waals surface area (Å²) in [6.45, 7) is 11.7. The monoisotopic (exact) mass is 503 g/mol. The van der Waals surface area contributed by atoms with Crippen molar-refractivity contribution in [2.45, 2.75) is 57.5 Å². The van der Waals surface area contributed by atoms with E-state index in [-0.39, 0.29) is 11.6 Å². The van der Waals surface area contributed by atoms with Crippen LogP contribution in [0, 0.1) is 0 Å². The fourth-order valence-electron chi connectivity index (χ4n) is 4.07. The van der Waals surface area contributed by atoms with Gasteiger partial charge in [0.25, 0.3) is 0 Å². The normalized spacial score (nSPS) is 13.4. The summed E-state index contributed by atoms with van der Waals surface area (Å²) in [7, 11) is -0.396. The molecule has 36 heavy (non-hydrogen) atoms. The number of methoxy groups -OCH3 is 1. The predicted octanol–water partition coefficient (Wildman–Crippen LogP) is 6.00. The predicted molar refractivity (Wildman–Crippen MR) is 147 cm³/mol. The molecule has 1 amide bonds. The molecule has 5 nitrogen and oxygen atoms in total. The zero-order valence-corrected chi connectivity index (χ0v) is 23.1. The van der Waals surface area contributed by atoms with E-state index in [2.05, 4.69) is 63.4 Å². The van der Waals surface area contributed by atoms with Gasteiger partial charge >= 0.3 is 12.1 Å². The summed E-state index contributed by atoms with van der Waals surface area (Å²) >= 11 is 0. The third-order valence-corrected chi connectivity index (χ3v) is 12.8. The molecule has 190 valence electrons. The fourth-order valence-corrected chi connectivity index (χ4v) is 5.94. The molecule has 6 heteroatoms. The first kappa shape index (κ1) is 27.2. The topological polar surface area (TPSA) is 64.6 Å². The highest BCUT2D eigenvalue weighted by Crippen LogP contribution is 2.36. The molecule has 0 aliphatic carbocycles. The van der Waals surface area contributed by atoms with Gasteiger partial charge in [-0.25, -0.2) is 9.59 Å². The maximum absolute atomic E-state index is 13.0. The number of nitrogens with one attached hydrogen (secondary N) is 1. The Bertz CT molecular complexity index is 1140. The summed E-state index contributed by atoms with van der Waals surface area (Å²) in [6, 6.07) is 26.6. The highest BCUT2D eigenvalue weighted by Gasteiger charge is 2.38. The smallest absolute Gasteiger partial charge is 0.408 e. The number of benzene rings is 3. The molecule has 0 saturated carbocycles. The quantitative estimate of drug-likeness (QED) is 0.302. The van der Waals surface area contributed by atoms with Gasteiger partial charge in [0.2, 0.25) is 0 Å². The number of amides is 1. The highest BCUT2D eigenvalue weighted by atomic mass is 28.3. The lowest BCUT2D eigenvalue weighted by molar-refractivity contribution is -0.143. The number of alkyl carbamates (subject to hydrolysis) is 1. The zero-order valence-electron chi connectivity index (χ0n) is 22.1. The summed E-state index contributed by atoms with van der Waals surface area (Å²) in [5, 5.41) is 4.32. The largest absolute Gasteiger partial charge is 0.467 e. The summed E-state index contributed by atoms with van der Waals surface area (Å²) in [5.74, 6) is -0.981. The van der Waals surface area contributed by atoms with Gasteiger partial charge in [-0.3, -0.25) is 0 Å². The number of carbonyl (C=O) groups excluding carboxylic acids is 2. The van der Waals surface area contributed by atoms with Gasteiger partial charge in [0.15, 0.2) is 0 Å². The molecule has 0 aliphatic heterocycles. The Hall–Kier alpha value is -3.38. The maximum atomic E-state index is 13.0. The molecule has 3 rings (SSSR count). The third kappa shape index (κ3) is 6.43. The minimum Gasteiger partial charge on any atom is -0.467 e. The minimum atomic E-state index is -1.72. The van der Waals surface area contributed by atoms with Gasteiger partial charge in [-0.2, -0.15) is 0 Å². The molecular formula is C30H37NO4Si. The molecule has 2 atom stereocenters. The van der Waals surface area contributed by atoms with Crippen molar-refractivity contribution in [3.8, 4) is 0 Å². The van der Waals surface area contributed by atoms with E-state index < -0.39 is 32.1 Å². The molecule has 0 aromatic heterocycles. The van der Waals surface area contributed by atoms with Crippen LogP contribution in [0.1, 0.15) is 43.4 Å². The van der Waals surface area contributed by atoms with Gasteiger partial charge in [-0.05, 0) is 21.7 Å². The van der Waals surface area contributed by atoms with Crippen LogP contribution in [-0.2, 0) is 20.9 Å². The van der Waals surface area contributed by atoms with E-state index in [9.17, 15) is 9.59 Å². The molecular weight excluding hydrogens is 466 g/mol. The number of ether oxygens (including phenoxy) is 2. The van der Waals surface area contributed by atoms with Crippen LogP contribution in [-0.4, -0.2) is 33.3 Å². The number of carbonyl (C=O) groups is 2. The van der Waals surface area contributed by atoms with Crippen molar-refractivity contribution in [2.75, 3.05) is 7.11 Å². The first-order chi connectivity index (χ1) is 17.0.